The Morgan fingerprint density at radius 1 is 1.10 bits per heavy atom. The van der Waals surface area contributed by atoms with E-state index in [0.29, 0.717) is 0 Å². The van der Waals surface area contributed by atoms with E-state index in [0.717, 1.165) is 28.3 Å². The molecule has 0 radical (unpaired) electrons. The Balaban J connectivity index is 2.38. The topological polar surface area (TPSA) is 50.4 Å². The highest BCUT2D eigenvalue weighted by Gasteiger charge is 2.04. The molecule has 3 N–H and O–H groups in total. The second-order valence-electron chi connectivity index (χ2n) is 5.01. The lowest BCUT2D eigenvalue weighted by atomic mass is 10.1. The molecule has 2 aromatic rings. The molecule has 2 aromatic carbocycles. The van der Waals surface area contributed by atoms with Gasteiger partial charge in [-0.3, -0.25) is 4.99 Å². The van der Waals surface area contributed by atoms with Gasteiger partial charge in [-0.1, -0.05) is 12.1 Å². The molecule has 0 fully saturated rings. The van der Waals surface area contributed by atoms with Crippen molar-refractivity contribution in [1.82, 2.24) is 0 Å². The van der Waals surface area contributed by atoms with Crippen molar-refractivity contribution in [3.05, 3.63) is 53.1 Å². The molecule has 3 nitrogen and oxygen atoms in total. The number of hydrogen-bond acceptors (Lipinski definition) is 3. The summed E-state index contributed by atoms with van der Waals surface area (Å²) in [6.45, 7) is 6.15. The molecule has 2 rings (SSSR count). The summed E-state index contributed by atoms with van der Waals surface area (Å²) in [4.78, 5) is 4.72. The molecular weight excluding hydrogens is 246 g/mol. The second kappa shape index (κ2) is 5.78. The van der Waals surface area contributed by atoms with Crippen LogP contribution in [0, 0.1) is 13.8 Å². The maximum atomic E-state index is 5.90. The van der Waals surface area contributed by atoms with Gasteiger partial charge in [-0.25, -0.2) is 0 Å². The van der Waals surface area contributed by atoms with Crippen LogP contribution in [0.4, 0.5) is 17.1 Å². The number of benzene rings is 2. The van der Waals surface area contributed by atoms with E-state index in [2.05, 4.69) is 31.3 Å². The molecule has 0 aromatic heterocycles. The molecule has 0 saturated heterocycles. The van der Waals surface area contributed by atoms with Crippen molar-refractivity contribution in [3.8, 4) is 0 Å². The van der Waals surface area contributed by atoms with Crippen molar-refractivity contribution in [3.63, 3.8) is 0 Å². The average Bonchev–Trinajstić information content (AvgIpc) is 2.44. The quantitative estimate of drug-likeness (QED) is 0.650. The van der Waals surface area contributed by atoms with Crippen molar-refractivity contribution in [1.29, 1.82) is 0 Å². The molecule has 0 amide bonds. The monoisotopic (exact) mass is 267 g/mol. The summed E-state index contributed by atoms with van der Waals surface area (Å²) in [5.74, 6) is 0. The van der Waals surface area contributed by atoms with Crippen LogP contribution < -0.4 is 11.1 Å². The largest absolute Gasteiger partial charge is 0.399 e. The predicted molar refractivity (Wildman–Crippen MR) is 88.2 cm³/mol. The molecule has 104 valence electrons. The van der Waals surface area contributed by atoms with Crippen LogP contribution in [0.3, 0.4) is 0 Å². The van der Waals surface area contributed by atoms with Crippen LogP contribution in [0.25, 0.3) is 0 Å². The number of nitrogens with one attached hydrogen (secondary N) is 1. The molecule has 0 heterocycles. The summed E-state index contributed by atoms with van der Waals surface area (Å²) < 4.78 is 0. The molecule has 0 aliphatic rings. The molecule has 0 aliphatic heterocycles. The number of nitrogens with two attached hydrogens (primary N) is 1. The van der Waals surface area contributed by atoms with Crippen LogP contribution in [0.15, 0.2) is 41.4 Å². The van der Waals surface area contributed by atoms with Crippen molar-refractivity contribution < 1.29 is 0 Å². The van der Waals surface area contributed by atoms with Crippen LogP contribution in [0.2, 0.25) is 0 Å². The summed E-state index contributed by atoms with van der Waals surface area (Å²) in [6.07, 6.45) is 0. The van der Waals surface area contributed by atoms with E-state index in [1.807, 2.05) is 38.2 Å². The van der Waals surface area contributed by atoms with E-state index in [-0.39, 0.29) is 0 Å². The number of aryl methyl sites for hydroxylation is 1. The van der Waals surface area contributed by atoms with Gasteiger partial charge in [0, 0.05) is 24.1 Å². The van der Waals surface area contributed by atoms with Crippen LogP contribution in [-0.2, 0) is 0 Å². The molecule has 0 unspecified atom stereocenters. The molecule has 0 bridgehead atoms. The van der Waals surface area contributed by atoms with Crippen molar-refractivity contribution in [2.24, 2.45) is 4.99 Å². The van der Waals surface area contributed by atoms with Gasteiger partial charge < -0.3 is 11.1 Å². The Bertz CT molecular complexity index is 640. The molecular formula is C17H21N3. The van der Waals surface area contributed by atoms with Gasteiger partial charge in [-0.05, 0) is 61.7 Å². The van der Waals surface area contributed by atoms with E-state index in [1.54, 1.807) is 0 Å². The lowest BCUT2D eigenvalue weighted by Gasteiger charge is -2.08. The smallest absolute Gasteiger partial charge is 0.0685 e. The Morgan fingerprint density at radius 3 is 2.35 bits per heavy atom. The van der Waals surface area contributed by atoms with Crippen LogP contribution in [0.1, 0.15) is 23.6 Å². The third-order valence-corrected chi connectivity index (χ3v) is 3.54. The number of nitrogen functional groups attached to an aromatic ring is 1. The Morgan fingerprint density at radius 2 is 1.75 bits per heavy atom. The minimum Gasteiger partial charge on any atom is -0.399 e. The molecule has 20 heavy (non-hydrogen) atoms. The van der Waals surface area contributed by atoms with Crippen molar-refractivity contribution in [2.75, 3.05) is 18.1 Å². The van der Waals surface area contributed by atoms with Crippen LogP contribution >= 0.6 is 0 Å². The third kappa shape index (κ3) is 2.99. The molecule has 0 saturated carbocycles. The third-order valence-electron chi connectivity index (χ3n) is 3.54. The minimum absolute atomic E-state index is 0.755. The number of anilines is 2. The van der Waals surface area contributed by atoms with Gasteiger partial charge in [-0.2, -0.15) is 0 Å². The van der Waals surface area contributed by atoms with Crippen molar-refractivity contribution in [2.45, 2.75) is 20.8 Å². The van der Waals surface area contributed by atoms with Gasteiger partial charge in [0.1, 0.15) is 0 Å². The minimum atomic E-state index is 0.755. The highest BCUT2D eigenvalue weighted by molar-refractivity contribution is 6.00. The van der Waals surface area contributed by atoms with E-state index in [4.69, 9.17) is 10.7 Å². The standard InChI is InChI=1S/C17H21N3/c1-11-9-15(18)10-17(12(11)2)20-13(3)14-5-7-16(19-4)8-6-14/h5-10,19H,18H2,1-4H3/b20-13+. The number of aliphatic imine (C=N–C) groups is 1. The zero-order valence-corrected chi connectivity index (χ0v) is 12.5. The first-order valence-corrected chi connectivity index (χ1v) is 6.71. The fourth-order valence-electron chi connectivity index (χ4n) is 2.11. The number of hydrogen-bond donors (Lipinski definition) is 2. The lowest BCUT2D eigenvalue weighted by molar-refractivity contribution is 1.31. The van der Waals surface area contributed by atoms with E-state index < -0.39 is 0 Å². The maximum Gasteiger partial charge on any atom is 0.0685 e. The molecule has 0 spiro atoms. The zero-order valence-electron chi connectivity index (χ0n) is 12.5. The van der Waals surface area contributed by atoms with E-state index in [9.17, 15) is 0 Å². The summed E-state index contributed by atoms with van der Waals surface area (Å²) in [5, 5.41) is 3.11. The SMILES string of the molecule is CNc1ccc(/C(C)=N/c2cc(N)cc(C)c2C)cc1. The first-order chi connectivity index (χ1) is 9.51. The van der Waals surface area contributed by atoms with Crippen LogP contribution in [0.5, 0.6) is 0 Å². The fraction of sp³-hybridized carbons (Fsp3) is 0.235. The molecule has 0 aliphatic carbocycles. The van der Waals surface area contributed by atoms with E-state index >= 15 is 0 Å². The van der Waals surface area contributed by atoms with Gasteiger partial charge in [0.25, 0.3) is 0 Å². The number of rotatable bonds is 3. The first-order valence-electron chi connectivity index (χ1n) is 6.71. The van der Waals surface area contributed by atoms with Gasteiger partial charge in [0.15, 0.2) is 0 Å². The Kier molecular flexibility index (Phi) is 4.08. The van der Waals surface area contributed by atoms with Gasteiger partial charge in [-0.15, -0.1) is 0 Å². The summed E-state index contributed by atoms with van der Waals surface area (Å²) in [6, 6.07) is 12.1. The van der Waals surface area contributed by atoms with Gasteiger partial charge >= 0.3 is 0 Å². The van der Waals surface area contributed by atoms with E-state index in [1.165, 1.54) is 11.1 Å². The molecule has 0 atom stereocenters. The Labute approximate surface area is 120 Å². The van der Waals surface area contributed by atoms with Crippen LogP contribution in [-0.4, -0.2) is 12.8 Å². The lowest BCUT2D eigenvalue weighted by Crippen LogP contribution is -1.96. The fourth-order valence-corrected chi connectivity index (χ4v) is 2.11. The summed E-state index contributed by atoms with van der Waals surface area (Å²) in [7, 11) is 1.91. The summed E-state index contributed by atoms with van der Waals surface area (Å²) >= 11 is 0. The Hall–Kier alpha value is -2.29. The number of nitrogens with zero attached hydrogens (tertiary/aromatic N) is 1. The highest BCUT2D eigenvalue weighted by atomic mass is 14.8. The maximum absolute atomic E-state index is 5.90. The second-order valence-corrected chi connectivity index (χ2v) is 5.01. The van der Waals surface area contributed by atoms with Gasteiger partial charge in [0.05, 0.1) is 5.69 Å². The molecule has 3 heteroatoms. The average molecular weight is 267 g/mol. The highest BCUT2D eigenvalue weighted by Crippen LogP contribution is 2.26. The first kappa shape index (κ1) is 14.1. The zero-order chi connectivity index (χ0) is 14.7. The summed E-state index contributed by atoms with van der Waals surface area (Å²) in [5.41, 5.74) is 13.1. The van der Waals surface area contributed by atoms with Gasteiger partial charge in [0.2, 0.25) is 0 Å². The predicted octanol–water partition coefficient (Wildman–Crippen LogP) is 4.07. The normalized spacial score (nSPS) is 11.5. The van der Waals surface area contributed by atoms with Crippen molar-refractivity contribution >= 4 is 22.8 Å².